The van der Waals surface area contributed by atoms with Gasteiger partial charge in [-0.3, -0.25) is 18.5 Å². The van der Waals surface area contributed by atoms with Crippen molar-refractivity contribution in [2.24, 2.45) is 0 Å². The molecule has 0 heterocycles. The van der Waals surface area contributed by atoms with Crippen LogP contribution in [0, 0.1) is 18.5 Å². The summed E-state index contributed by atoms with van der Waals surface area (Å²) in [7, 11) is 0. The minimum atomic E-state index is 0. The molecule has 2 aliphatic carbocycles. The Hall–Kier alpha value is 0.133. The molecule has 0 aromatic heterocycles. The van der Waals surface area contributed by atoms with E-state index in [1.54, 1.807) is 0 Å². The molecule has 2 heteroatoms. The Bertz CT molecular complexity index is 299. The molecule has 0 nitrogen and oxygen atoms in total. The predicted octanol–water partition coefficient (Wildman–Crippen LogP) is 5.19. The third kappa shape index (κ3) is 9.80. The van der Waals surface area contributed by atoms with E-state index in [2.05, 4.69) is 70.0 Å². The minimum Gasteiger partial charge on any atom is -0.352 e. The molecule has 0 aromatic rings. The van der Waals surface area contributed by atoms with Gasteiger partial charge in [-0.05, 0) is 0 Å². The minimum absolute atomic E-state index is 0. The maximum absolute atomic E-state index is 4.39. The van der Waals surface area contributed by atoms with Crippen LogP contribution < -0.4 is 0 Å². The van der Waals surface area contributed by atoms with E-state index in [9.17, 15) is 0 Å². The second-order valence-electron chi connectivity index (χ2n) is 3.99. The van der Waals surface area contributed by atoms with Crippen molar-refractivity contribution < 1.29 is 26.2 Å². The van der Waals surface area contributed by atoms with Gasteiger partial charge < -0.3 is 11.6 Å². The van der Waals surface area contributed by atoms with Crippen LogP contribution in [0.4, 0.5) is 0 Å². The van der Waals surface area contributed by atoms with Crippen molar-refractivity contribution >= 4 is 11.6 Å². The van der Waals surface area contributed by atoms with E-state index < -0.39 is 0 Å². The predicted molar refractivity (Wildman–Crippen MR) is 72.8 cm³/mol. The zero-order valence-electron chi connectivity index (χ0n) is 11.2. The summed E-state index contributed by atoms with van der Waals surface area (Å²) in [6.45, 7) is 8.37. The molecule has 0 bridgehead atoms. The van der Waals surface area contributed by atoms with Crippen LogP contribution >= 0.6 is 11.6 Å². The fourth-order valence-electron chi connectivity index (χ4n) is 1.49. The molecule has 17 heavy (non-hydrogen) atoms. The second kappa shape index (κ2) is 11.2. The summed E-state index contributed by atoms with van der Waals surface area (Å²) >= 11 is 4.39. The van der Waals surface area contributed by atoms with Crippen molar-refractivity contribution in [2.45, 2.75) is 40.5 Å². The first-order valence-electron chi connectivity index (χ1n) is 5.37. The molecule has 0 unspecified atom stereocenters. The van der Waals surface area contributed by atoms with Gasteiger partial charge in [-0.1, -0.05) is 40.5 Å². The smallest absolute Gasteiger partial charge is 0.352 e. The van der Waals surface area contributed by atoms with Crippen molar-refractivity contribution in [1.29, 1.82) is 0 Å². The fraction of sp³-hybridized carbons (Fsp3) is 0.400. The maximum atomic E-state index is 4.39. The number of hydrogen-bond donors (Lipinski definition) is 0. The Balaban J connectivity index is 0. The van der Waals surface area contributed by atoms with Gasteiger partial charge in [-0.25, -0.2) is 23.3 Å². The largest absolute Gasteiger partial charge is 3.00 e. The monoisotopic (exact) mass is 325 g/mol. The Kier molecular flexibility index (Phi) is 12.9. The standard InChI is InChI=1S/2C7H9.CH2Cl.Zr/c2*1-6-3-4-7(2)5-6;1-2;/h2*3H,4H2,1-2H3;1H2;/q3*-1;+3. The number of halogens is 1. The molecule has 1 radical (unpaired) electrons. The first-order chi connectivity index (χ1) is 7.58. The van der Waals surface area contributed by atoms with Gasteiger partial charge in [0.2, 0.25) is 0 Å². The van der Waals surface area contributed by atoms with E-state index in [1.807, 2.05) is 0 Å². The summed E-state index contributed by atoms with van der Waals surface area (Å²) in [5, 5.41) is 0. The van der Waals surface area contributed by atoms with E-state index in [0.717, 1.165) is 12.8 Å². The number of hydrogen-bond acceptors (Lipinski definition) is 0. The van der Waals surface area contributed by atoms with Gasteiger partial charge >= 0.3 is 26.2 Å². The van der Waals surface area contributed by atoms with Gasteiger partial charge in [0.05, 0.1) is 0 Å². The fourth-order valence-corrected chi connectivity index (χ4v) is 1.49. The molecule has 2 rings (SSSR count). The molecule has 0 saturated heterocycles. The molecule has 0 N–H and O–H groups in total. The van der Waals surface area contributed by atoms with Gasteiger partial charge in [-0.2, -0.15) is 11.1 Å². The van der Waals surface area contributed by atoms with E-state index in [-0.39, 0.29) is 26.2 Å². The van der Waals surface area contributed by atoms with Gasteiger partial charge in [-0.15, -0.1) is 0 Å². The molecule has 0 atom stereocenters. The van der Waals surface area contributed by atoms with Crippen molar-refractivity contribution in [2.75, 3.05) is 0 Å². The van der Waals surface area contributed by atoms with Crippen LogP contribution in [0.1, 0.15) is 40.5 Å². The average Bonchev–Trinajstić information content (AvgIpc) is 2.80. The van der Waals surface area contributed by atoms with Crippen molar-refractivity contribution in [3.8, 4) is 0 Å². The van der Waals surface area contributed by atoms with Crippen LogP contribution in [0.3, 0.4) is 0 Å². The zero-order valence-corrected chi connectivity index (χ0v) is 14.4. The van der Waals surface area contributed by atoms with Crippen molar-refractivity contribution in [3.63, 3.8) is 0 Å². The van der Waals surface area contributed by atoms with Crippen LogP contribution in [-0.4, -0.2) is 0 Å². The zero-order chi connectivity index (χ0) is 12.6. The molecule has 2 aliphatic rings. The maximum Gasteiger partial charge on any atom is 3.00 e. The SMILES string of the molecule is CC1=[C-]C(C)=CC1.CC1=[C-]C(C)=CC1.[CH2-]Cl.[Zr+3]. The molecule has 0 aliphatic heterocycles. The van der Waals surface area contributed by atoms with Crippen LogP contribution in [-0.2, 0) is 26.2 Å². The number of allylic oxidation sites excluding steroid dienone is 8. The van der Waals surface area contributed by atoms with Gasteiger partial charge in [0.15, 0.2) is 0 Å². The Labute approximate surface area is 131 Å². The second-order valence-corrected chi connectivity index (χ2v) is 3.99. The summed E-state index contributed by atoms with van der Waals surface area (Å²) in [6.07, 6.45) is 15.7. The van der Waals surface area contributed by atoms with E-state index >= 15 is 0 Å². The summed E-state index contributed by atoms with van der Waals surface area (Å²) in [6, 6.07) is 0. The van der Waals surface area contributed by atoms with E-state index in [0.29, 0.717) is 0 Å². The van der Waals surface area contributed by atoms with Crippen LogP contribution in [0.2, 0.25) is 0 Å². The van der Waals surface area contributed by atoms with E-state index in [4.69, 9.17) is 0 Å². The van der Waals surface area contributed by atoms with Gasteiger partial charge in [0, 0.05) is 0 Å². The molecule has 91 valence electrons. The third-order valence-electron chi connectivity index (χ3n) is 2.25. The molecule has 0 fully saturated rings. The molecular weight excluding hydrogens is 307 g/mol. The summed E-state index contributed by atoms with van der Waals surface area (Å²) in [5.41, 5.74) is 5.30. The summed E-state index contributed by atoms with van der Waals surface area (Å²) < 4.78 is 0. The Morgan fingerprint density at radius 3 is 1.24 bits per heavy atom. The first-order valence-corrected chi connectivity index (χ1v) is 5.90. The molecule has 0 amide bonds. The molecule has 0 aromatic carbocycles. The topological polar surface area (TPSA) is 0 Å². The Morgan fingerprint density at radius 1 is 0.882 bits per heavy atom. The third-order valence-corrected chi connectivity index (χ3v) is 2.25. The quantitative estimate of drug-likeness (QED) is 0.538. The van der Waals surface area contributed by atoms with Crippen LogP contribution in [0.25, 0.3) is 0 Å². The van der Waals surface area contributed by atoms with Crippen LogP contribution in [0.15, 0.2) is 34.4 Å². The summed E-state index contributed by atoms with van der Waals surface area (Å²) in [4.78, 5) is 0. The molecule has 0 saturated carbocycles. The first kappa shape index (κ1) is 19.5. The number of rotatable bonds is 0. The van der Waals surface area contributed by atoms with Gasteiger partial charge in [0.25, 0.3) is 0 Å². The van der Waals surface area contributed by atoms with Crippen molar-refractivity contribution in [3.05, 3.63) is 53.0 Å². The van der Waals surface area contributed by atoms with E-state index in [1.165, 1.54) is 22.3 Å². The summed E-state index contributed by atoms with van der Waals surface area (Å²) in [5.74, 6) is 0. The normalized spacial score (nSPS) is 16.1. The molecule has 0 spiro atoms. The Morgan fingerprint density at radius 2 is 1.18 bits per heavy atom. The molecular formula is C15H20ClZr. The average molecular weight is 327 g/mol. The van der Waals surface area contributed by atoms with Crippen molar-refractivity contribution in [1.82, 2.24) is 0 Å². The van der Waals surface area contributed by atoms with Crippen LogP contribution in [0.5, 0.6) is 0 Å². The van der Waals surface area contributed by atoms with Gasteiger partial charge in [0.1, 0.15) is 0 Å².